The molecular weight excluding hydrogens is 375 g/mol. The Hall–Kier alpha value is -2.61. The smallest absolute Gasteiger partial charge is 0.257 e. The Morgan fingerprint density at radius 2 is 1.81 bits per heavy atom. The average molecular weight is 391 g/mol. The number of carbonyl (C=O) groups is 1. The topological polar surface area (TPSA) is 54.0 Å². The van der Waals surface area contributed by atoms with Crippen LogP contribution in [0.2, 0.25) is 0 Å². The number of thiazole rings is 1. The van der Waals surface area contributed by atoms with Crippen molar-refractivity contribution >= 4 is 32.6 Å². The van der Waals surface area contributed by atoms with Crippen molar-refractivity contribution in [2.24, 2.45) is 0 Å². The van der Waals surface area contributed by atoms with Crippen molar-refractivity contribution in [3.05, 3.63) is 59.4 Å². The maximum absolute atomic E-state index is 13.8. The SMILES string of the molecule is O=C(N[C@@H]1CCC[C@H]1Nc1nc2ccc(F)cc2s1)c1c(F)cccc1F. The summed E-state index contributed by atoms with van der Waals surface area (Å²) in [6.45, 7) is 0. The quantitative estimate of drug-likeness (QED) is 0.690. The van der Waals surface area contributed by atoms with E-state index in [-0.39, 0.29) is 17.9 Å². The lowest BCUT2D eigenvalue weighted by molar-refractivity contribution is 0.0927. The Morgan fingerprint density at radius 1 is 1.07 bits per heavy atom. The molecule has 1 aliphatic rings. The third-order valence-corrected chi connectivity index (χ3v) is 5.63. The van der Waals surface area contributed by atoms with Crippen LogP contribution in [0.25, 0.3) is 10.2 Å². The summed E-state index contributed by atoms with van der Waals surface area (Å²) in [7, 11) is 0. The van der Waals surface area contributed by atoms with E-state index in [0.29, 0.717) is 17.1 Å². The van der Waals surface area contributed by atoms with Crippen molar-refractivity contribution in [1.82, 2.24) is 10.3 Å². The second-order valence-electron chi connectivity index (χ2n) is 6.49. The standard InChI is InChI=1S/C19H16F3N3OS/c20-10-7-8-15-16(9-10)27-19(25-15)24-14-6-2-5-13(14)23-18(26)17-11(21)3-1-4-12(17)22/h1,3-4,7-9,13-14H,2,5-6H2,(H,23,26)(H,24,25)/t13-,14-/m1/s1. The molecule has 2 aromatic carbocycles. The fourth-order valence-electron chi connectivity index (χ4n) is 3.38. The first-order valence-corrected chi connectivity index (χ1v) is 9.40. The molecule has 0 saturated heterocycles. The monoisotopic (exact) mass is 391 g/mol. The number of hydrogen-bond acceptors (Lipinski definition) is 4. The lowest BCUT2D eigenvalue weighted by atomic mass is 10.1. The number of fused-ring (bicyclic) bond motifs is 1. The van der Waals surface area contributed by atoms with E-state index in [0.717, 1.165) is 29.7 Å². The van der Waals surface area contributed by atoms with Gasteiger partial charge < -0.3 is 10.6 Å². The highest BCUT2D eigenvalue weighted by atomic mass is 32.1. The minimum Gasteiger partial charge on any atom is -0.357 e. The zero-order valence-electron chi connectivity index (χ0n) is 14.1. The Bertz CT molecular complexity index is 987. The number of benzene rings is 2. The number of anilines is 1. The molecule has 1 fully saturated rings. The summed E-state index contributed by atoms with van der Waals surface area (Å²) in [5, 5.41) is 6.62. The first-order chi connectivity index (χ1) is 13.0. The third-order valence-electron chi connectivity index (χ3n) is 4.68. The van der Waals surface area contributed by atoms with Crippen LogP contribution in [0.15, 0.2) is 36.4 Å². The highest BCUT2D eigenvalue weighted by molar-refractivity contribution is 7.22. The minimum atomic E-state index is -0.886. The normalized spacial score (nSPS) is 19.4. The van der Waals surface area contributed by atoms with Gasteiger partial charge in [0.25, 0.3) is 5.91 Å². The molecule has 1 aromatic heterocycles. The molecule has 0 unspecified atom stereocenters. The number of rotatable bonds is 4. The van der Waals surface area contributed by atoms with Crippen molar-refractivity contribution < 1.29 is 18.0 Å². The molecule has 2 atom stereocenters. The lowest BCUT2D eigenvalue weighted by Crippen LogP contribution is -2.43. The van der Waals surface area contributed by atoms with E-state index < -0.39 is 23.1 Å². The molecule has 1 amide bonds. The Kier molecular flexibility index (Phi) is 4.73. The highest BCUT2D eigenvalue weighted by Crippen LogP contribution is 2.30. The largest absolute Gasteiger partial charge is 0.357 e. The van der Waals surface area contributed by atoms with Gasteiger partial charge in [0.2, 0.25) is 0 Å². The average Bonchev–Trinajstić information content (AvgIpc) is 3.21. The van der Waals surface area contributed by atoms with Crippen LogP contribution in [0.4, 0.5) is 18.3 Å². The molecular formula is C19H16F3N3OS. The number of halogens is 3. The van der Waals surface area contributed by atoms with Gasteiger partial charge in [0.05, 0.1) is 10.2 Å². The van der Waals surface area contributed by atoms with Crippen molar-refractivity contribution in [2.45, 2.75) is 31.3 Å². The van der Waals surface area contributed by atoms with Crippen LogP contribution >= 0.6 is 11.3 Å². The van der Waals surface area contributed by atoms with Crippen molar-refractivity contribution in [3.63, 3.8) is 0 Å². The summed E-state index contributed by atoms with van der Waals surface area (Å²) in [5.74, 6) is -2.86. The van der Waals surface area contributed by atoms with Gasteiger partial charge in [-0.15, -0.1) is 0 Å². The van der Waals surface area contributed by atoms with E-state index in [1.807, 2.05) is 0 Å². The van der Waals surface area contributed by atoms with Gasteiger partial charge >= 0.3 is 0 Å². The van der Waals surface area contributed by atoms with Gasteiger partial charge in [-0.05, 0) is 49.6 Å². The first-order valence-electron chi connectivity index (χ1n) is 8.59. The van der Waals surface area contributed by atoms with Gasteiger partial charge in [-0.25, -0.2) is 18.2 Å². The zero-order chi connectivity index (χ0) is 19.0. The van der Waals surface area contributed by atoms with Crippen LogP contribution in [-0.4, -0.2) is 23.0 Å². The summed E-state index contributed by atoms with van der Waals surface area (Å²) < 4.78 is 41.7. The third kappa shape index (κ3) is 3.62. The van der Waals surface area contributed by atoms with Crippen LogP contribution in [0, 0.1) is 17.5 Å². The molecule has 1 heterocycles. The summed E-state index contributed by atoms with van der Waals surface area (Å²) in [6, 6.07) is 7.33. The van der Waals surface area contributed by atoms with Crippen LogP contribution in [0.1, 0.15) is 29.6 Å². The molecule has 1 saturated carbocycles. The molecule has 140 valence electrons. The number of aromatic nitrogens is 1. The Labute approximate surface area is 157 Å². The van der Waals surface area contributed by atoms with Gasteiger partial charge in [0.1, 0.15) is 23.0 Å². The van der Waals surface area contributed by atoms with Gasteiger partial charge in [0.15, 0.2) is 5.13 Å². The molecule has 27 heavy (non-hydrogen) atoms. The lowest BCUT2D eigenvalue weighted by Gasteiger charge is -2.22. The maximum atomic E-state index is 13.8. The predicted octanol–water partition coefficient (Wildman–Crippen LogP) is 4.48. The van der Waals surface area contributed by atoms with Crippen LogP contribution < -0.4 is 10.6 Å². The van der Waals surface area contributed by atoms with E-state index >= 15 is 0 Å². The number of carbonyl (C=O) groups excluding carboxylic acids is 1. The maximum Gasteiger partial charge on any atom is 0.257 e. The fourth-order valence-corrected chi connectivity index (χ4v) is 4.33. The van der Waals surface area contributed by atoms with Gasteiger partial charge in [0, 0.05) is 12.1 Å². The van der Waals surface area contributed by atoms with Crippen molar-refractivity contribution in [3.8, 4) is 0 Å². The minimum absolute atomic E-state index is 0.116. The van der Waals surface area contributed by atoms with Crippen molar-refractivity contribution in [1.29, 1.82) is 0 Å². The Balaban J connectivity index is 1.49. The molecule has 1 aliphatic carbocycles. The van der Waals surface area contributed by atoms with E-state index in [2.05, 4.69) is 15.6 Å². The predicted molar refractivity (Wildman–Crippen MR) is 98.5 cm³/mol. The molecule has 0 aliphatic heterocycles. The van der Waals surface area contributed by atoms with Crippen molar-refractivity contribution in [2.75, 3.05) is 5.32 Å². The molecule has 4 nitrogen and oxygen atoms in total. The second kappa shape index (κ2) is 7.19. The van der Waals surface area contributed by atoms with E-state index in [1.165, 1.54) is 29.5 Å². The molecule has 8 heteroatoms. The zero-order valence-corrected chi connectivity index (χ0v) is 15.0. The summed E-state index contributed by atoms with van der Waals surface area (Å²) in [4.78, 5) is 16.8. The molecule has 0 bridgehead atoms. The van der Waals surface area contributed by atoms with E-state index in [1.54, 1.807) is 6.07 Å². The van der Waals surface area contributed by atoms with Gasteiger partial charge in [-0.3, -0.25) is 4.79 Å². The molecule has 0 radical (unpaired) electrons. The number of amides is 1. The number of nitrogens with one attached hydrogen (secondary N) is 2. The molecule has 3 aromatic rings. The fraction of sp³-hybridized carbons (Fsp3) is 0.263. The number of hydrogen-bond donors (Lipinski definition) is 2. The summed E-state index contributed by atoms with van der Waals surface area (Å²) in [6.07, 6.45) is 2.34. The van der Waals surface area contributed by atoms with E-state index in [9.17, 15) is 18.0 Å². The highest BCUT2D eigenvalue weighted by Gasteiger charge is 2.31. The summed E-state index contributed by atoms with van der Waals surface area (Å²) >= 11 is 1.33. The van der Waals surface area contributed by atoms with Crippen LogP contribution in [0.3, 0.4) is 0 Å². The van der Waals surface area contributed by atoms with Crippen LogP contribution in [-0.2, 0) is 0 Å². The molecule has 4 rings (SSSR count). The van der Waals surface area contributed by atoms with Gasteiger partial charge in [-0.2, -0.15) is 0 Å². The van der Waals surface area contributed by atoms with Crippen LogP contribution in [0.5, 0.6) is 0 Å². The number of nitrogens with zero attached hydrogens (tertiary/aromatic N) is 1. The van der Waals surface area contributed by atoms with E-state index in [4.69, 9.17) is 0 Å². The van der Waals surface area contributed by atoms with Gasteiger partial charge in [-0.1, -0.05) is 17.4 Å². The molecule has 2 N–H and O–H groups in total. The summed E-state index contributed by atoms with van der Waals surface area (Å²) in [5.41, 5.74) is 0.120. The Morgan fingerprint density at radius 3 is 2.59 bits per heavy atom. The second-order valence-corrected chi connectivity index (χ2v) is 7.52. The first kappa shape index (κ1) is 17.8. The molecule has 0 spiro atoms.